The van der Waals surface area contributed by atoms with E-state index in [-0.39, 0.29) is 17.6 Å². The molecule has 0 fully saturated rings. The molecule has 21 heavy (non-hydrogen) atoms. The van der Waals surface area contributed by atoms with Crippen LogP contribution in [0, 0.1) is 5.82 Å². The van der Waals surface area contributed by atoms with Gasteiger partial charge in [-0.3, -0.25) is 0 Å². The molecule has 0 heterocycles. The van der Waals surface area contributed by atoms with Crippen LogP contribution in [-0.2, 0) is 6.42 Å². The van der Waals surface area contributed by atoms with Gasteiger partial charge >= 0.3 is 0 Å². The fraction of sp³-hybridized carbons (Fsp3) is 0.333. The van der Waals surface area contributed by atoms with Crippen LogP contribution in [0.15, 0.2) is 42.5 Å². The highest BCUT2D eigenvalue weighted by Gasteiger charge is 2.13. The number of ether oxygens (including phenoxy) is 1. The van der Waals surface area contributed by atoms with Gasteiger partial charge in [-0.25, -0.2) is 4.39 Å². The molecule has 2 aromatic carbocycles. The standard InChI is InChI=1S/C18H22FNO/c1-12(2)14-6-4-8-16(11-14)21-18-15(10-13(3)20)7-5-9-17(18)19/h4-9,11-13H,10,20H2,1-3H3. The van der Waals surface area contributed by atoms with Crippen molar-refractivity contribution in [2.24, 2.45) is 5.73 Å². The lowest BCUT2D eigenvalue weighted by Crippen LogP contribution is -2.18. The quantitative estimate of drug-likeness (QED) is 0.870. The Morgan fingerprint density at radius 1 is 1.10 bits per heavy atom. The smallest absolute Gasteiger partial charge is 0.166 e. The number of halogens is 1. The Bertz CT molecular complexity index is 608. The molecule has 0 saturated carbocycles. The molecule has 0 amide bonds. The van der Waals surface area contributed by atoms with Gasteiger partial charge in [-0.05, 0) is 48.6 Å². The summed E-state index contributed by atoms with van der Waals surface area (Å²) in [5.74, 6) is 0.966. The molecule has 112 valence electrons. The first-order chi connectivity index (χ1) is 9.97. The molecule has 0 aliphatic carbocycles. The first-order valence-corrected chi connectivity index (χ1v) is 7.28. The molecule has 2 N–H and O–H groups in total. The molecule has 0 aliphatic heterocycles. The van der Waals surface area contributed by atoms with Gasteiger partial charge in [0, 0.05) is 6.04 Å². The molecular formula is C18H22FNO. The first-order valence-electron chi connectivity index (χ1n) is 7.28. The van der Waals surface area contributed by atoms with Crippen LogP contribution in [0.5, 0.6) is 11.5 Å². The molecule has 0 bridgehead atoms. The molecule has 1 unspecified atom stereocenters. The van der Waals surface area contributed by atoms with Crippen LogP contribution in [0.25, 0.3) is 0 Å². The van der Waals surface area contributed by atoms with Crippen molar-refractivity contribution >= 4 is 0 Å². The molecule has 2 rings (SSSR count). The summed E-state index contributed by atoms with van der Waals surface area (Å²) >= 11 is 0. The first kappa shape index (κ1) is 15.5. The molecular weight excluding hydrogens is 265 g/mol. The van der Waals surface area contributed by atoms with Crippen LogP contribution in [-0.4, -0.2) is 6.04 Å². The minimum atomic E-state index is -0.358. The van der Waals surface area contributed by atoms with Crippen molar-refractivity contribution in [3.8, 4) is 11.5 Å². The Labute approximate surface area is 125 Å². The summed E-state index contributed by atoms with van der Waals surface area (Å²) < 4.78 is 19.9. The summed E-state index contributed by atoms with van der Waals surface area (Å²) in [6.07, 6.45) is 0.580. The van der Waals surface area contributed by atoms with E-state index >= 15 is 0 Å². The number of benzene rings is 2. The summed E-state index contributed by atoms with van der Waals surface area (Å²) in [5, 5.41) is 0. The second-order valence-electron chi connectivity index (χ2n) is 5.74. The Hall–Kier alpha value is -1.87. The molecule has 0 saturated heterocycles. The van der Waals surface area contributed by atoms with Crippen molar-refractivity contribution in [2.45, 2.75) is 39.2 Å². The predicted octanol–water partition coefficient (Wildman–Crippen LogP) is 4.63. The van der Waals surface area contributed by atoms with E-state index < -0.39 is 0 Å². The van der Waals surface area contributed by atoms with Gasteiger partial charge in [0.15, 0.2) is 11.6 Å². The lowest BCUT2D eigenvalue weighted by atomic mass is 10.0. The lowest BCUT2D eigenvalue weighted by molar-refractivity contribution is 0.433. The van der Waals surface area contributed by atoms with E-state index in [1.165, 1.54) is 6.07 Å². The van der Waals surface area contributed by atoms with E-state index in [2.05, 4.69) is 13.8 Å². The van der Waals surface area contributed by atoms with Crippen LogP contribution >= 0.6 is 0 Å². The molecule has 2 aromatic rings. The summed E-state index contributed by atoms with van der Waals surface area (Å²) in [5.41, 5.74) is 7.78. The van der Waals surface area contributed by atoms with Gasteiger partial charge in [-0.2, -0.15) is 0 Å². The predicted molar refractivity (Wildman–Crippen MR) is 84.4 cm³/mol. The van der Waals surface area contributed by atoms with E-state index in [1.54, 1.807) is 6.07 Å². The summed E-state index contributed by atoms with van der Waals surface area (Å²) in [6.45, 7) is 6.13. The zero-order valence-electron chi connectivity index (χ0n) is 12.8. The van der Waals surface area contributed by atoms with Gasteiger partial charge in [0.1, 0.15) is 5.75 Å². The van der Waals surface area contributed by atoms with Crippen LogP contribution in [0.3, 0.4) is 0 Å². The molecule has 2 nitrogen and oxygen atoms in total. The SMILES string of the molecule is CC(N)Cc1cccc(F)c1Oc1cccc(C(C)C)c1. The van der Waals surface area contributed by atoms with Gasteiger partial charge in [0.25, 0.3) is 0 Å². The Kier molecular flexibility index (Phi) is 4.97. The highest BCUT2D eigenvalue weighted by molar-refractivity contribution is 5.41. The van der Waals surface area contributed by atoms with E-state index in [0.717, 1.165) is 11.1 Å². The summed E-state index contributed by atoms with van der Waals surface area (Å²) in [4.78, 5) is 0. The fourth-order valence-corrected chi connectivity index (χ4v) is 2.23. The van der Waals surface area contributed by atoms with Gasteiger partial charge < -0.3 is 10.5 Å². The molecule has 0 aromatic heterocycles. The van der Waals surface area contributed by atoms with Crippen LogP contribution in [0.4, 0.5) is 4.39 Å². The number of rotatable bonds is 5. The van der Waals surface area contributed by atoms with E-state index in [1.807, 2.05) is 37.3 Å². The zero-order chi connectivity index (χ0) is 15.4. The van der Waals surface area contributed by atoms with Gasteiger partial charge in [-0.1, -0.05) is 38.1 Å². The monoisotopic (exact) mass is 287 g/mol. The van der Waals surface area contributed by atoms with Crippen molar-refractivity contribution in [1.29, 1.82) is 0 Å². The third-order valence-corrected chi connectivity index (χ3v) is 3.34. The molecule has 0 spiro atoms. The normalized spacial score (nSPS) is 12.5. The third-order valence-electron chi connectivity index (χ3n) is 3.34. The van der Waals surface area contributed by atoms with Crippen LogP contribution < -0.4 is 10.5 Å². The largest absolute Gasteiger partial charge is 0.454 e. The number of para-hydroxylation sites is 1. The van der Waals surface area contributed by atoms with Crippen LogP contribution in [0.1, 0.15) is 37.8 Å². The summed E-state index contributed by atoms with van der Waals surface area (Å²) in [7, 11) is 0. The van der Waals surface area contributed by atoms with Crippen molar-refractivity contribution < 1.29 is 9.13 Å². The van der Waals surface area contributed by atoms with Gasteiger partial charge in [0.2, 0.25) is 0 Å². The Balaban J connectivity index is 2.32. The highest BCUT2D eigenvalue weighted by atomic mass is 19.1. The maximum atomic E-state index is 14.1. The van der Waals surface area contributed by atoms with Crippen molar-refractivity contribution in [1.82, 2.24) is 0 Å². The zero-order valence-corrected chi connectivity index (χ0v) is 12.8. The highest BCUT2D eigenvalue weighted by Crippen LogP contribution is 2.30. The van der Waals surface area contributed by atoms with E-state index in [9.17, 15) is 4.39 Å². The van der Waals surface area contributed by atoms with Crippen molar-refractivity contribution in [3.63, 3.8) is 0 Å². The molecule has 0 aliphatic rings. The topological polar surface area (TPSA) is 35.2 Å². The maximum absolute atomic E-state index is 14.1. The Morgan fingerprint density at radius 2 is 1.81 bits per heavy atom. The minimum Gasteiger partial charge on any atom is -0.454 e. The number of hydrogen-bond donors (Lipinski definition) is 1. The van der Waals surface area contributed by atoms with Gasteiger partial charge in [-0.15, -0.1) is 0 Å². The lowest BCUT2D eigenvalue weighted by Gasteiger charge is -2.15. The second kappa shape index (κ2) is 6.72. The summed E-state index contributed by atoms with van der Waals surface area (Å²) in [6, 6.07) is 12.7. The molecule has 0 radical (unpaired) electrons. The van der Waals surface area contributed by atoms with Crippen molar-refractivity contribution in [3.05, 3.63) is 59.4 Å². The fourth-order valence-electron chi connectivity index (χ4n) is 2.23. The average molecular weight is 287 g/mol. The minimum absolute atomic E-state index is 0.0452. The number of hydrogen-bond acceptors (Lipinski definition) is 2. The van der Waals surface area contributed by atoms with E-state index in [0.29, 0.717) is 18.1 Å². The van der Waals surface area contributed by atoms with E-state index in [4.69, 9.17) is 10.5 Å². The Morgan fingerprint density at radius 3 is 2.48 bits per heavy atom. The molecule has 3 heteroatoms. The second-order valence-corrected chi connectivity index (χ2v) is 5.74. The van der Waals surface area contributed by atoms with Crippen LogP contribution in [0.2, 0.25) is 0 Å². The van der Waals surface area contributed by atoms with Crippen molar-refractivity contribution in [2.75, 3.05) is 0 Å². The number of nitrogens with two attached hydrogens (primary N) is 1. The van der Waals surface area contributed by atoms with Gasteiger partial charge in [0.05, 0.1) is 0 Å². The third kappa shape index (κ3) is 4.05. The molecule has 1 atom stereocenters. The maximum Gasteiger partial charge on any atom is 0.166 e. The average Bonchev–Trinajstić information content (AvgIpc) is 2.42.